The van der Waals surface area contributed by atoms with Gasteiger partial charge in [-0.3, -0.25) is 9.69 Å². The van der Waals surface area contributed by atoms with Gasteiger partial charge in [0.05, 0.1) is 12.5 Å². The number of hydrogen-bond donors (Lipinski definition) is 1. The van der Waals surface area contributed by atoms with Gasteiger partial charge in [-0.1, -0.05) is 6.07 Å². The van der Waals surface area contributed by atoms with Crippen LogP contribution in [-0.2, 0) is 9.53 Å². The van der Waals surface area contributed by atoms with Crippen molar-refractivity contribution < 1.29 is 19.4 Å². The van der Waals surface area contributed by atoms with Crippen LogP contribution in [-0.4, -0.2) is 29.8 Å². The van der Waals surface area contributed by atoms with Crippen LogP contribution in [0.15, 0.2) is 18.2 Å². The van der Waals surface area contributed by atoms with Crippen molar-refractivity contribution in [3.05, 3.63) is 29.3 Å². The standard InChI is InChI=1S/C13H15NO4/c1-8-3-9(2)5-10(4-8)14-11(6-12(15)16)7-18-13(14)17/h3-5,11H,6-7H2,1-2H3,(H,15,16). The van der Waals surface area contributed by atoms with E-state index in [1.165, 1.54) is 4.90 Å². The van der Waals surface area contributed by atoms with Crippen molar-refractivity contribution in [3.8, 4) is 0 Å². The molecule has 0 aliphatic carbocycles. The number of carboxylic acids is 1. The van der Waals surface area contributed by atoms with Crippen LogP contribution in [0.2, 0.25) is 0 Å². The Morgan fingerprint density at radius 2 is 2.00 bits per heavy atom. The number of carbonyl (C=O) groups excluding carboxylic acids is 1. The van der Waals surface area contributed by atoms with Gasteiger partial charge < -0.3 is 9.84 Å². The molecule has 1 N–H and O–H groups in total. The van der Waals surface area contributed by atoms with Crippen molar-refractivity contribution in [2.75, 3.05) is 11.5 Å². The fourth-order valence-corrected chi connectivity index (χ4v) is 2.22. The number of anilines is 1. The number of rotatable bonds is 3. The van der Waals surface area contributed by atoms with Crippen LogP contribution in [0.4, 0.5) is 10.5 Å². The normalized spacial score (nSPS) is 18.9. The molecule has 0 bridgehead atoms. The van der Waals surface area contributed by atoms with E-state index in [0.29, 0.717) is 5.69 Å². The van der Waals surface area contributed by atoms with Gasteiger partial charge >= 0.3 is 12.1 Å². The summed E-state index contributed by atoms with van der Waals surface area (Å²) in [4.78, 5) is 23.9. The number of cyclic esters (lactones) is 1. The highest BCUT2D eigenvalue weighted by Crippen LogP contribution is 2.26. The lowest BCUT2D eigenvalue weighted by Gasteiger charge is -2.21. The van der Waals surface area contributed by atoms with Gasteiger partial charge in [0.1, 0.15) is 6.61 Å². The van der Waals surface area contributed by atoms with Gasteiger partial charge in [0, 0.05) is 5.69 Å². The highest BCUT2D eigenvalue weighted by atomic mass is 16.6. The molecule has 0 aromatic heterocycles. The third-order valence-electron chi connectivity index (χ3n) is 2.86. The molecule has 18 heavy (non-hydrogen) atoms. The van der Waals surface area contributed by atoms with Crippen LogP contribution < -0.4 is 4.90 Å². The second-order valence-electron chi connectivity index (χ2n) is 4.54. The second-order valence-corrected chi connectivity index (χ2v) is 4.54. The van der Waals surface area contributed by atoms with Gasteiger partial charge in [0.2, 0.25) is 0 Å². The van der Waals surface area contributed by atoms with Crippen LogP contribution in [0.5, 0.6) is 0 Å². The number of hydrogen-bond acceptors (Lipinski definition) is 3. The van der Waals surface area contributed by atoms with E-state index in [-0.39, 0.29) is 13.0 Å². The quantitative estimate of drug-likeness (QED) is 0.890. The first-order valence-electron chi connectivity index (χ1n) is 5.73. The van der Waals surface area contributed by atoms with Crippen molar-refractivity contribution >= 4 is 17.7 Å². The lowest BCUT2D eigenvalue weighted by atomic mass is 10.1. The lowest BCUT2D eigenvalue weighted by Crippen LogP contribution is -2.35. The Morgan fingerprint density at radius 3 is 2.56 bits per heavy atom. The van der Waals surface area contributed by atoms with Gasteiger partial charge in [-0.2, -0.15) is 0 Å². The van der Waals surface area contributed by atoms with Gasteiger partial charge in [-0.25, -0.2) is 4.79 Å². The first-order valence-corrected chi connectivity index (χ1v) is 5.73. The summed E-state index contributed by atoms with van der Waals surface area (Å²) >= 11 is 0. The minimum absolute atomic E-state index is 0.112. The average Bonchev–Trinajstić information content (AvgIpc) is 2.57. The SMILES string of the molecule is Cc1cc(C)cc(N2C(=O)OCC2CC(=O)O)c1. The molecule has 1 amide bonds. The molecule has 1 aromatic rings. The van der Waals surface area contributed by atoms with E-state index < -0.39 is 18.1 Å². The zero-order valence-corrected chi connectivity index (χ0v) is 10.3. The molecule has 96 valence electrons. The van der Waals surface area contributed by atoms with Crippen molar-refractivity contribution in [2.24, 2.45) is 0 Å². The molecule has 1 aromatic carbocycles. The largest absolute Gasteiger partial charge is 0.481 e. The summed E-state index contributed by atoms with van der Waals surface area (Å²) < 4.78 is 4.94. The summed E-state index contributed by atoms with van der Waals surface area (Å²) in [5, 5.41) is 8.84. The first-order chi connectivity index (χ1) is 8.47. The van der Waals surface area contributed by atoms with Crippen molar-refractivity contribution in [3.63, 3.8) is 0 Å². The maximum absolute atomic E-state index is 11.7. The van der Waals surface area contributed by atoms with Crippen LogP contribution >= 0.6 is 0 Å². The van der Waals surface area contributed by atoms with E-state index in [0.717, 1.165) is 11.1 Å². The van der Waals surface area contributed by atoms with Crippen LogP contribution in [0.1, 0.15) is 17.5 Å². The molecule has 1 unspecified atom stereocenters. The second kappa shape index (κ2) is 4.68. The Morgan fingerprint density at radius 1 is 1.39 bits per heavy atom. The van der Waals surface area contributed by atoms with E-state index >= 15 is 0 Å². The number of nitrogens with zero attached hydrogens (tertiary/aromatic N) is 1. The van der Waals surface area contributed by atoms with E-state index in [2.05, 4.69) is 0 Å². The number of amides is 1. The number of carboxylic acid groups (broad SMARTS) is 1. The summed E-state index contributed by atoms with van der Waals surface area (Å²) in [6.07, 6.45) is -0.593. The molecule has 0 saturated carbocycles. The molecule has 1 aliphatic heterocycles. The number of benzene rings is 1. The molecule has 2 rings (SSSR count). The number of ether oxygens (including phenoxy) is 1. The molecule has 0 radical (unpaired) electrons. The molecule has 1 heterocycles. The summed E-state index contributed by atoms with van der Waals surface area (Å²) in [6, 6.07) is 5.27. The highest BCUT2D eigenvalue weighted by molar-refractivity contribution is 5.91. The Labute approximate surface area is 105 Å². The van der Waals surface area contributed by atoms with Crippen LogP contribution in [0.3, 0.4) is 0 Å². The molecule has 5 heteroatoms. The van der Waals surface area contributed by atoms with E-state index in [4.69, 9.17) is 9.84 Å². The summed E-state index contributed by atoms with van der Waals surface area (Å²) in [6.45, 7) is 3.99. The highest BCUT2D eigenvalue weighted by Gasteiger charge is 2.35. The van der Waals surface area contributed by atoms with Gasteiger partial charge in [-0.15, -0.1) is 0 Å². The van der Waals surface area contributed by atoms with Gasteiger partial charge in [0.15, 0.2) is 0 Å². The minimum atomic E-state index is -0.937. The monoisotopic (exact) mass is 249 g/mol. The Balaban J connectivity index is 2.33. The zero-order valence-electron chi connectivity index (χ0n) is 10.3. The summed E-state index contributed by atoms with van der Waals surface area (Å²) in [5.74, 6) is -0.937. The van der Waals surface area contributed by atoms with Crippen LogP contribution in [0, 0.1) is 13.8 Å². The number of aryl methyl sites for hydroxylation is 2. The predicted octanol–water partition coefficient (Wildman–Crippen LogP) is 2.10. The maximum atomic E-state index is 11.7. The van der Waals surface area contributed by atoms with Gasteiger partial charge in [-0.05, 0) is 37.1 Å². The lowest BCUT2D eigenvalue weighted by molar-refractivity contribution is -0.137. The fraction of sp³-hybridized carbons (Fsp3) is 0.385. The Bertz CT molecular complexity index is 478. The topological polar surface area (TPSA) is 66.8 Å². The predicted molar refractivity (Wildman–Crippen MR) is 65.8 cm³/mol. The van der Waals surface area contributed by atoms with Crippen molar-refractivity contribution in [1.29, 1.82) is 0 Å². The Kier molecular flexibility index (Phi) is 3.23. The molecular weight excluding hydrogens is 234 g/mol. The van der Waals surface area contributed by atoms with Crippen LogP contribution in [0.25, 0.3) is 0 Å². The maximum Gasteiger partial charge on any atom is 0.414 e. The molecule has 1 fully saturated rings. The zero-order chi connectivity index (χ0) is 13.3. The van der Waals surface area contributed by atoms with Crippen molar-refractivity contribution in [2.45, 2.75) is 26.3 Å². The first kappa shape index (κ1) is 12.4. The molecular formula is C13H15NO4. The fourth-order valence-electron chi connectivity index (χ4n) is 2.22. The molecule has 1 aliphatic rings. The third kappa shape index (κ3) is 2.45. The minimum Gasteiger partial charge on any atom is -0.481 e. The van der Waals surface area contributed by atoms with E-state index in [1.807, 2.05) is 32.0 Å². The molecule has 5 nitrogen and oxygen atoms in total. The van der Waals surface area contributed by atoms with Crippen molar-refractivity contribution in [1.82, 2.24) is 0 Å². The third-order valence-corrected chi connectivity index (χ3v) is 2.86. The number of carbonyl (C=O) groups is 2. The smallest absolute Gasteiger partial charge is 0.414 e. The van der Waals surface area contributed by atoms with E-state index in [1.54, 1.807) is 0 Å². The van der Waals surface area contributed by atoms with Gasteiger partial charge in [0.25, 0.3) is 0 Å². The molecule has 1 atom stereocenters. The van der Waals surface area contributed by atoms with E-state index in [9.17, 15) is 9.59 Å². The molecule has 1 saturated heterocycles. The average molecular weight is 249 g/mol. The Hall–Kier alpha value is -2.04. The number of aliphatic carboxylic acids is 1. The summed E-state index contributed by atoms with van der Waals surface area (Å²) in [7, 11) is 0. The summed E-state index contributed by atoms with van der Waals surface area (Å²) in [5.41, 5.74) is 2.75. The molecule has 0 spiro atoms.